The molecule has 24 heavy (non-hydrogen) atoms. The number of carbonyl (C=O) groups is 1. The summed E-state index contributed by atoms with van der Waals surface area (Å²) in [5.74, 6) is 0.931. The monoisotopic (exact) mass is 387 g/mol. The van der Waals surface area contributed by atoms with Crippen molar-refractivity contribution in [1.29, 1.82) is 0 Å². The van der Waals surface area contributed by atoms with Crippen molar-refractivity contribution in [2.45, 2.75) is 0 Å². The van der Waals surface area contributed by atoms with Crippen LogP contribution in [-0.4, -0.2) is 26.1 Å². The molecule has 5 nitrogen and oxygen atoms in total. The Morgan fingerprint density at radius 1 is 1.08 bits per heavy atom. The number of hydrogen-bond donors (Lipinski definition) is 0. The molecule has 1 heterocycles. The fraction of sp³-hybridized carbons (Fsp3) is 0.111. The van der Waals surface area contributed by atoms with Gasteiger partial charge in [-0.1, -0.05) is 28.1 Å². The molecule has 0 atom stereocenters. The van der Waals surface area contributed by atoms with Crippen LogP contribution in [0.15, 0.2) is 57.6 Å². The van der Waals surface area contributed by atoms with Gasteiger partial charge in [0.15, 0.2) is 5.70 Å². The number of methoxy groups -OCH3 is 2. The zero-order chi connectivity index (χ0) is 17.1. The number of benzene rings is 2. The molecule has 0 radical (unpaired) electrons. The van der Waals surface area contributed by atoms with Gasteiger partial charge in [-0.2, -0.15) is 0 Å². The molecule has 0 fully saturated rings. The van der Waals surface area contributed by atoms with Gasteiger partial charge in [-0.25, -0.2) is 9.79 Å². The Labute approximate surface area is 147 Å². The Morgan fingerprint density at radius 2 is 1.83 bits per heavy atom. The first kappa shape index (κ1) is 16.3. The van der Waals surface area contributed by atoms with Gasteiger partial charge in [0, 0.05) is 10.0 Å². The lowest BCUT2D eigenvalue weighted by atomic mass is 10.1. The van der Waals surface area contributed by atoms with E-state index in [1.54, 1.807) is 32.4 Å². The number of aliphatic imine (C=N–C) groups is 1. The average molecular weight is 388 g/mol. The number of hydrogen-bond acceptors (Lipinski definition) is 5. The maximum atomic E-state index is 12.1. The highest BCUT2D eigenvalue weighted by atomic mass is 79.9. The lowest BCUT2D eigenvalue weighted by Crippen LogP contribution is -2.06. The summed E-state index contributed by atoms with van der Waals surface area (Å²) >= 11 is 3.40. The second-order valence-electron chi connectivity index (χ2n) is 4.92. The topological polar surface area (TPSA) is 57.1 Å². The van der Waals surface area contributed by atoms with Crippen molar-refractivity contribution >= 4 is 33.9 Å². The van der Waals surface area contributed by atoms with Crippen LogP contribution in [0, 0.1) is 0 Å². The Kier molecular flexibility index (Phi) is 4.66. The van der Waals surface area contributed by atoms with Gasteiger partial charge < -0.3 is 14.2 Å². The van der Waals surface area contributed by atoms with Gasteiger partial charge in [-0.3, -0.25) is 0 Å². The number of cyclic esters (lactones) is 1. The largest absolute Gasteiger partial charge is 0.496 e. The molecule has 3 rings (SSSR count). The van der Waals surface area contributed by atoms with E-state index in [-0.39, 0.29) is 11.6 Å². The van der Waals surface area contributed by atoms with E-state index in [0.717, 1.165) is 10.0 Å². The minimum atomic E-state index is -0.516. The second-order valence-corrected chi connectivity index (χ2v) is 5.84. The first-order valence-corrected chi connectivity index (χ1v) is 7.91. The summed E-state index contributed by atoms with van der Waals surface area (Å²) in [4.78, 5) is 16.5. The van der Waals surface area contributed by atoms with Gasteiger partial charge in [0.2, 0.25) is 5.90 Å². The van der Waals surface area contributed by atoms with Crippen LogP contribution in [0.25, 0.3) is 6.08 Å². The second kappa shape index (κ2) is 6.88. The van der Waals surface area contributed by atoms with E-state index >= 15 is 0 Å². The van der Waals surface area contributed by atoms with E-state index < -0.39 is 5.97 Å². The van der Waals surface area contributed by atoms with Crippen LogP contribution in [-0.2, 0) is 9.53 Å². The number of halogens is 1. The number of carbonyl (C=O) groups excluding carboxylic acids is 1. The number of ether oxygens (including phenoxy) is 3. The molecule has 2 aromatic carbocycles. The molecule has 0 aliphatic carbocycles. The molecule has 0 bridgehead atoms. The third-order valence-corrected chi connectivity index (χ3v) is 3.94. The van der Waals surface area contributed by atoms with Crippen molar-refractivity contribution in [2.75, 3.05) is 14.2 Å². The Balaban J connectivity index is 2.02. The zero-order valence-corrected chi connectivity index (χ0v) is 14.7. The summed E-state index contributed by atoms with van der Waals surface area (Å²) in [6.45, 7) is 0. The highest BCUT2D eigenvalue weighted by Crippen LogP contribution is 2.29. The Morgan fingerprint density at radius 3 is 2.58 bits per heavy atom. The van der Waals surface area contributed by atoms with Gasteiger partial charge in [-0.15, -0.1) is 0 Å². The molecule has 2 aromatic rings. The number of rotatable bonds is 4. The third kappa shape index (κ3) is 3.19. The quantitative estimate of drug-likeness (QED) is 0.591. The van der Waals surface area contributed by atoms with E-state index in [1.807, 2.05) is 30.3 Å². The third-order valence-electron chi connectivity index (χ3n) is 3.44. The van der Waals surface area contributed by atoms with E-state index in [2.05, 4.69) is 20.9 Å². The van der Waals surface area contributed by atoms with Crippen molar-refractivity contribution in [3.63, 3.8) is 0 Å². The number of nitrogens with zero attached hydrogens (tertiary/aromatic N) is 1. The van der Waals surface area contributed by atoms with Crippen LogP contribution in [0.4, 0.5) is 0 Å². The van der Waals surface area contributed by atoms with Crippen LogP contribution in [0.3, 0.4) is 0 Å². The van der Waals surface area contributed by atoms with Crippen LogP contribution in [0.5, 0.6) is 11.5 Å². The Bertz CT molecular complexity index is 858. The summed E-state index contributed by atoms with van der Waals surface area (Å²) in [6, 6.07) is 12.7. The van der Waals surface area contributed by atoms with Crippen molar-refractivity contribution in [2.24, 2.45) is 4.99 Å². The molecule has 0 saturated carbocycles. The molecule has 0 N–H and O–H groups in total. The molecule has 0 aromatic heterocycles. The molecule has 122 valence electrons. The minimum absolute atomic E-state index is 0.201. The molecule has 6 heteroatoms. The van der Waals surface area contributed by atoms with E-state index in [0.29, 0.717) is 17.1 Å². The van der Waals surface area contributed by atoms with Gasteiger partial charge >= 0.3 is 5.97 Å². The fourth-order valence-electron chi connectivity index (χ4n) is 2.31. The Hall–Kier alpha value is -2.60. The standard InChI is InChI=1S/C18H14BrNO4/c1-22-15-8-7-12(19)9-11(15)10-14-18(21)24-17(20-14)13-5-3-4-6-16(13)23-2/h3-10H,1-2H3. The summed E-state index contributed by atoms with van der Waals surface area (Å²) in [7, 11) is 3.13. The molecule has 0 unspecified atom stereocenters. The molecule has 0 spiro atoms. The zero-order valence-electron chi connectivity index (χ0n) is 13.1. The maximum Gasteiger partial charge on any atom is 0.363 e. The van der Waals surface area contributed by atoms with E-state index in [1.165, 1.54) is 0 Å². The first-order valence-electron chi connectivity index (χ1n) is 7.12. The summed E-state index contributed by atoms with van der Waals surface area (Å²) in [5.41, 5.74) is 1.55. The molecular weight excluding hydrogens is 374 g/mol. The van der Waals surface area contributed by atoms with Gasteiger partial charge in [0.25, 0.3) is 0 Å². The lowest BCUT2D eigenvalue weighted by molar-refractivity contribution is -0.129. The smallest absolute Gasteiger partial charge is 0.363 e. The van der Waals surface area contributed by atoms with Crippen LogP contribution in [0.2, 0.25) is 0 Å². The molecule has 1 aliphatic rings. The van der Waals surface area contributed by atoms with Crippen LogP contribution in [0.1, 0.15) is 11.1 Å². The van der Waals surface area contributed by atoms with Crippen molar-refractivity contribution in [3.05, 3.63) is 63.8 Å². The van der Waals surface area contributed by atoms with Gasteiger partial charge in [-0.05, 0) is 36.4 Å². The normalized spacial score (nSPS) is 15.2. The van der Waals surface area contributed by atoms with E-state index in [9.17, 15) is 4.79 Å². The molecule has 1 aliphatic heterocycles. The lowest BCUT2D eigenvalue weighted by Gasteiger charge is -2.05. The van der Waals surface area contributed by atoms with Crippen molar-refractivity contribution in [1.82, 2.24) is 0 Å². The van der Waals surface area contributed by atoms with Gasteiger partial charge in [0.05, 0.1) is 19.8 Å². The molecular formula is C18H14BrNO4. The number of esters is 1. The highest BCUT2D eigenvalue weighted by Gasteiger charge is 2.26. The summed E-state index contributed by atoms with van der Waals surface area (Å²) in [6.07, 6.45) is 1.63. The predicted molar refractivity (Wildman–Crippen MR) is 94.3 cm³/mol. The predicted octanol–water partition coefficient (Wildman–Crippen LogP) is 3.81. The summed E-state index contributed by atoms with van der Waals surface area (Å²) in [5, 5.41) is 0. The van der Waals surface area contributed by atoms with E-state index in [4.69, 9.17) is 14.2 Å². The van der Waals surface area contributed by atoms with Crippen LogP contribution < -0.4 is 9.47 Å². The van der Waals surface area contributed by atoms with Crippen molar-refractivity contribution < 1.29 is 19.0 Å². The first-order chi connectivity index (χ1) is 11.6. The van der Waals surface area contributed by atoms with Crippen LogP contribution >= 0.6 is 15.9 Å². The molecule has 0 saturated heterocycles. The maximum absolute atomic E-state index is 12.1. The highest BCUT2D eigenvalue weighted by molar-refractivity contribution is 9.10. The average Bonchev–Trinajstić information content (AvgIpc) is 2.95. The van der Waals surface area contributed by atoms with Crippen molar-refractivity contribution in [3.8, 4) is 11.5 Å². The summed E-state index contributed by atoms with van der Waals surface area (Å²) < 4.78 is 16.7. The molecule has 0 amide bonds. The minimum Gasteiger partial charge on any atom is -0.496 e. The SMILES string of the molecule is COc1ccc(Br)cc1C=C1N=C(c2ccccc2OC)OC1=O. The number of para-hydroxylation sites is 1. The fourth-order valence-corrected chi connectivity index (χ4v) is 2.69. The van der Waals surface area contributed by atoms with Gasteiger partial charge in [0.1, 0.15) is 11.5 Å².